The first-order valence-corrected chi connectivity index (χ1v) is 5.96. The molecule has 0 bridgehead atoms. The van der Waals surface area contributed by atoms with Crippen LogP contribution >= 0.6 is 0 Å². The molecule has 1 N–H and O–H groups in total. The lowest BCUT2D eigenvalue weighted by Gasteiger charge is -2.09. The van der Waals surface area contributed by atoms with Crippen LogP contribution in [0.25, 0.3) is 10.9 Å². The first kappa shape index (κ1) is 11.9. The summed E-state index contributed by atoms with van der Waals surface area (Å²) in [5.74, 6) is 0.828. The van der Waals surface area contributed by atoms with E-state index in [1.165, 1.54) is 0 Å². The summed E-state index contributed by atoms with van der Waals surface area (Å²) in [5.41, 5.74) is 1.00. The summed E-state index contributed by atoms with van der Waals surface area (Å²) in [5, 5.41) is 4.42. The van der Waals surface area contributed by atoms with Gasteiger partial charge in [-0.25, -0.2) is 0 Å². The molecule has 0 aliphatic rings. The Labute approximate surface area is 102 Å². The average Bonchev–Trinajstić information content (AvgIpc) is 2.34. The van der Waals surface area contributed by atoms with Crippen LogP contribution in [0, 0.1) is 0 Å². The SMILES string of the molecule is CC(C)NCCOc1cnc2ccccc2c1. The monoisotopic (exact) mass is 230 g/mol. The smallest absolute Gasteiger partial charge is 0.138 e. The number of benzene rings is 1. The van der Waals surface area contributed by atoms with Crippen molar-refractivity contribution in [2.24, 2.45) is 0 Å². The molecule has 0 saturated carbocycles. The number of hydrogen-bond donors (Lipinski definition) is 1. The molecule has 0 fully saturated rings. The van der Waals surface area contributed by atoms with E-state index in [0.717, 1.165) is 23.2 Å². The fraction of sp³-hybridized carbons (Fsp3) is 0.357. The Morgan fingerprint density at radius 1 is 1.29 bits per heavy atom. The van der Waals surface area contributed by atoms with Crippen molar-refractivity contribution in [2.75, 3.05) is 13.2 Å². The lowest BCUT2D eigenvalue weighted by molar-refractivity contribution is 0.308. The minimum absolute atomic E-state index is 0.494. The van der Waals surface area contributed by atoms with Crippen LogP contribution in [0.3, 0.4) is 0 Å². The number of fused-ring (bicyclic) bond motifs is 1. The summed E-state index contributed by atoms with van der Waals surface area (Å²) in [6.07, 6.45) is 1.78. The van der Waals surface area contributed by atoms with Gasteiger partial charge in [-0.15, -0.1) is 0 Å². The maximum Gasteiger partial charge on any atom is 0.138 e. The van der Waals surface area contributed by atoms with Crippen LogP contribution in [0.1, 0.15) is 13.8 Å². The molecular formula is C14H18N2O. The molecule has 1 heterocycles. The highest BCUT2D eigenvalue weighted by Crippen LogP contribution is 2.17. The predicted octanol–water partition coefficient (Wildman–Crippen LogP) is 2.61. The van der Waals surface area contributed by atoms with Crippen molar-refractivity contribution in [1.82, 2.24) is 10.3 Å². The van der Waals surface area contributed by atoms with E-state index in [1.54, 1.807) is 6.20 Å². The first-order chi connectivity index (χ1) is 8.25. The van der Waals surface area contributed by atoms with Crippen molar-refractivity contribution >= 4 is 10.9 Å². The normalized spacial score (nSPS) is 11.0. The molecule has 0 saturated heterocycles. The Hall–Kier alpha value is -1.61. The number of aromatic nitrogens is 1. The molecule has 3 heteroatoms. The molecule has 0 aliphatic carbocycles. The Kier molecular flexibility index (Phi) is 3.94. The summed E-state index contributed by atoms with van der Waals surface area (Å²) in [7, 11) is 0. The van der Waals surface area contributed by atoms with Gasteiger partial charge in [0, 0.05) is 18.0 Å². The quantitative estimate of drug-likeness (QED) is 0.802. The molecule has 0 spiro atoms. The van der Waals surface area contributed by atoms with Gasteiger partial charge in [-0.2, -0.15) is 0 Å². The third-order valence-corrected chi connectivity index (χ3v) is 2.49. The van der Waals surface area contributed by atoms with Gasteiger partial charge >= 0.3 is 0 Å². The van der Waals surface area contributed by atoms with Crippen molar-refractivity contribution < 1.29 is 4.74 Å². The fourth-order valence-electron chi connectivity index (χ4n) is 1.65. The van der Waals surface area contributed by atoms with Crippen molar-refractivity contribution in [1.29, 1.82) is 0 Å². The van der Waals surface area contributed by atoms with Gasteiger partial charge in [0.05, 0.1) is 11.7 Å². The summed E-state index contributed by atoms with van der Waals surface area (Å²) < 4.78 is 5.64. The molecule has 90 valence electrons. The number of para-hydroxylation sites is 1. The number of rotatable bonds is 5. The highest BCUT2D eigenvalue weighted by atomic mass is 16.5. The molecule has 3 nitrogen and oxygen atoms in total. The van der Waals surface area contributed by atoms with E-state index in [-0.39, 0.29) is 0 Å². The van der Waals surface area contributed by atoms with Crippen molar-refractivity contribution in [3.8, 4) is 5.75 Å². The van der Waals surface area contributed by atoms with E-state index in [1.807, 2.05) is 30.3 Å². The summed E-state index contributed by atoms with van der Waals surface area (Å²) in [4.78, 5) is 4.35. The van der Waals surface area contributed by atoms with Gasteiger partial charge < -0.3 is 10.1 Å². The van der Waals surface area contributed by atoms with Crippen LogP contribution in [0.15, 0.2) is 36.5 Å². The highest BCUT2D eigenvalue weighted by Gasteiger charge is 1.98. The number of pyridine rings is 1. The molecule has 0 unspecified atom stereocenters. The standard InChI is InChI=1S/C14H18N2O/c1-11(2)15-7-8-17-13-9-12-5-3-4-6-14(12)16-10-13/h3-6,9-11,15H,7-8H2,1-2H3. The number of nitrogens with one attached hydrogen (secondary N) is 1. The third kappa shape index (κ3) is 3.43. The molecule has 0 amide bonds. The molecule has 0 aliphatic heterocycles. The minimum Gasteiger partial charge on any atom is -0.491 e. The molecule has 1 aromatic heterocycles. The van der Waals surface area contributed by atoms with Crippen LogP contribution in [0.5, 0.6) is 5.75 Å². The van der Waals surface area contributed by atoms with Gasteiger partial charge in [-0.3, -0.25) is 4.98 Å². The lowest BCUT2D eigenvalue weighted by atomic mass is 10.2. The molecular weight excluding hydrogens is 212 g/mol. The van der Waals surface area contributed by atoms with E-state index < -0.39 is 0 Å². The van der Waals surface area contributed by atoms with E-state index >= 15 is 0 Å². The van der Waals surface area contributed by atoms with Gasteiger partial charge in [0.2, 0.25) is 0 Å². The minimum atomic E-state index is 0.494. The molecule has 2 aromatic rings. The van der Waals surface area contributed by atoms with Crippen molar-refractivity contribution in [3.05, 3.63) is 36.5 Å². The Balaban J connectivity index is 1.95. The number of nitrogens with zero attached hydrogens (tertiary/aromatic N) is 1. The zero-order valence-electron chi connectivity index (χ0n) is 10.3. The maximum absolute atomic E-state index is 5.64. The third-order valence-electron chi connectivity index (χ3n) is 2.49. The second-order valence-corrected chi connectivity index (χ2v) is 4.32. The topological polar surface area (TPSA) is 34.1 Å². The van der Waals surface area contributed by atoms with Gasteiger partial charge in [-0.05, 0) is 12.1 Å². The first-order valence-electron chi connectivity index (χ1n) is 5.96. The molecule has 17 heavy (non-hydrogen) atoms. The Bertz CT molecular complexity index is 482. The van der Waals surface area contributed by atoms with Gasteiger partial charge in [-0.1, -0.05) is 32.0 Å². The Morgan fingerprint density at radius 3 is 2.94 bits per heavy atom. The van der Waals surface area contributed by atoms with Gasteiger partial charge in [0.15, 0.2) is 0 Å². The fourth-order valence-corrected chi connectivity index (χ4v) is 1.65. The molecule has 0 atom stereocenters. The second-order valence-electron chi connectivity index (χ2n) is 4.32. The van der Waals surface area contributed by atoms with Crippen LogP contribution in [-0.2, 0) is 0 Å². The Morgan fingerprint density at radius 2 is 2.12 bits per heavy atom. The van der Waals surface area contributed by atoms with Crippen LogP contribution < -0.4 is 10.1 Å². The van der Waals surface area contributed by atoms with Gasteiger partial charge in [0.1, 0.15) is 12.4 Å². The van der Waals surface area contributed by atoms with E-state index in [9.17, 15) is 0 Å². The molecule has 1 aromatic carbocycles. The van der Waals surface area contributed by atoms with E-state index in [2.05, 4.69) is 24.1 Å². The number of hydrogen-bond acceptors (Lipinski definition) is 3. The van der Waals surface area contributed by atoms with Crippen LogP contribution in [0.4, 0.5) is 0 Å². The molecule has 0 radical (unpaired) electrons. The average molecular weight is 230 g/mol. The predicted molar refractivity (Wildman–Crippen MR) is 70.4 cm³/mol. The van der Waals surface area contributed by atoms with Gasteiger partial charge in [0.25, 0.3) is 0 Å². The largest absolute Gasteiger partial charge is 0.491 e. The maximum atomic E-state index is 5.64. The van der Waals surface area contributed by atoms with E-state index in [4.69, 9.17) is 4.74 Å². The van der Waals surface area contributed by atoms with Crippen LogP contribution in [0.2, 0.25) is 0 Å². The highest BCUT2D eigenvalue weighted by molar-refractivity contribution is 5.79. The molecule has 2 rings (SSSR count). The summed E-state index contributed by atoms with van der Waals surface area (Å²) in [6.45, 7) is 5.76. The lowest BCUT2D eigenvalue weighted by Crippen LogP contribution is -2.27. The van der Waals surface area contributed by atoms with Crippen LogP contribution in [-0.4, -0.2) is 24.2 Å². The van der Waals surface area contributed by atoms with Crippen molar-refractivity contribution in [2.45, 2.75) is 19.9 Å². The summed E-state index contributed by atoms with van der Waals surface area (Å²) in [6, 6.07) is 10.6. The van der Waals surface area contributed by atoms with E-state index in [0.29, 0.717) is 12.6 Å². The zero-order valence-corrected chi connectivity index (χ0v) is 10.3. The van der Waals surface area contributed by atoms with Crippen molar-refractivity contribution in [3.63, 3.8) is 0 Å². The zero-order chi connectivity index (χ0) is 12.1. The summed E-state index contributed by atoms with van der Waals surface area (Å²) >= 11 is 0. The second kappa shape index (κ2) is 5.64. The number of ether oxygens (including phenoxy) is 1.